The monoisotopic (exact) mass is 319 g/mol. The van der Waals surface area contributed by atoms with Gasteiger partial charge < -0.3 is 21.1 Å². The molecule has 0 aliphatic heterocycles. The van der Waals surface area contributed by atoms with Crippen molar-refractivity contribution in [2.24, 2.45) is 5.73 Å². The fourth-order valence-corrected chi connectivity index (χ4v) is 2.72. The second-order valence-corrected chi connectivity index (χ2v) is 7.28. The van der Waals surface area contributed by atoms with Crippen LogP contribution in [0, 0.1) is 0 Å². The maximum atomic E-state index is 12.1. The van der Waals surface area contributed by atoms with E-state index in [0.717, 1.165) is 31.4 Å². The number of alkyl carbamates (subject to hydrolysis) is 1. The van der Waals surface area contributed by atoms with Gasteiger partial charge in [0.2, 0.25) is 0 Å². The second-order valence-electron chi connectivity index (χ2n) is 7.28. The van der Waals surface area contributed by atoms with Crippen LogP contribution in [0.25, 0.3) is 0 Å². The number of rotatable bonds is 6. The highest BCUT2D eigenvalue weighted by Gasteiger charge is 2.26. The largest absolute Gasteiger partial charge is 0.444 e. The molecule has 2 rings (SSSR count). The molecule has 23 heavy (non-hydrogen) atoms. The van der Waals surface area contributed by atoms with Crippen LogP contribution in [0.15, 0.2) is 30.3 Å². The summed E-state index contributed by atoms with van der Waals surface area (Å²) in [5, 5.41) is 6.48. The molecule has 0 saturated heterocycles. The predicted molar refractivity (Wildman–Crippen MR) is 92.2 cm³/mol. The van der Waals surface area contributed by atoms with Crippen molar-refractivity contribution < 1.29 is 9.53 Å². The lowest BCUT2D eigenvalue weighted by atomic mass is 9.87. The van der Waals surface area contributed by atoms with Crippen molar-refractivity contribution in [3.8, 4) is 0 Å². The van der Waals surface area contributed by atoms with Gasteiger partial charge in [-0.05, 0) is 52.1 Å². The number of hydrogen-bond donors (Lipinski definition) is 3. The minimum Gasteiger partial charge on any atom is -0.444 e. The average molecular weight is 319 g/mol. The zero-order valence-electron chi connectivity index (χ0n) is 14.3. The summed E-state index contributed by atoms with van der Waals surface area (Å²) in [4.78, 5) is 12.1. The van der Waals surface area contributed by atoms with Crippen molar-refractivity contribution in [1.82, 2.24) is 10.6 Å². The van der Waals surface area contributed by atoms with Crippen molar-refractivity contribution >= 4 is 6.09 Å². The summed E-state index contributed by atoms with van der Waals surface area (Å²) in [5.74, 6) is 0. The van der Waals surface area contributed by atoms with Gasteiger partial charge in [-0.25, -0.2) is 4.79 Å². The van der Waals surface area contributed by atoms with E-state index in [9.17, 15) is 4.79 Å². The van der Waals surface area contributed by atoms with Gasteiger partial charge in [-0.15, -0.1) is 0 Å². The molecule has 0 aromatic heterocycles. The highest BCUT2D eigenvalue weighted by Crippen LogP contribution is 2.20. The summed E-state index contributed by atoms with van der Waals surface area (Å²) < 4.78 is 5.38. The molecule has 5 heteroatoms. The maximum absolute atomic E-state index is 12.1. The lowest BCUT2D eigenvalue weighted by Gasteiger charge is -2.33. The third-order valence-electron chi connectivity index (χ3n) is 3.93. The number of carbonyl (C=O) groups is 1. The van der Waals surface area contributed by atoms with Crippen molar-refractivity contribution in [3.63, 3.8) is 0 Å². The smallest absolute Gasteiger partial charge is 0.408 e. The molecular formula is C18H29N3O2. The fourth-order valence-electron chi connectivity index (χ4n) is 2.72. The molecule has 5 nitrogen and oxygen atoms in total. The normalized spacial score (nSPS) is 22.1. The summed E-state index contributed by atoms with van der Waals surface area (Å²) in [5.41, 5.74) is 6.40. The summed E-state index contributed by atoms with van der Waals surface area (Å²) in [6.45, 7) is 6.44. The van der Waals surface area contributed by atoms with Gasteiger partial charge in [-0.1, -0.05) is 30.3 Å². The minimum atomic E-state index is -0.494. The third kappa shape index (κ3) is 6.20. The van der Waals surface area contributed by atoms with E-state index in [0.29, 0.717) is 12.1 Å². The van der Waals surface area contributed by atoms with Crippen LogP contribution in [0.3, 0.4) is 0 Å². The van der Waals surface area contributed by atoms with Crippen LogP contribution in [0.5, 0.6) is 0 Å². The summed E-state index contributed by atoms with van der Waals surface area (Å²) >= 11 is 0. The molecule has 1 aliphatic carbocycles. The molecule has 1 saturated carbocycles. The fraction of sp³-hybridized carbons (Fsp3) is 0.611. The van der Waals surface area contributed by atoms with E-state index in [2.05, 4.69) is 10.6 Å². The standard InChI is InChI=1S/C18H29N3O2/c1-18(2,3)23-17(22)21-16(13-7-5-4-6-8-13)9-10-20-15-11-14(19)12-15/h4-8,14-16,20H,9-12,19H2,1-3H3,(H,21,22). The number of benzene rings is 1. The topological polar surface area (TPSA) is 76.4 Å². The molecule has 0 heterocycles. The van der Waals surface area contributed by atoms with E-state index in [1.165, 1.54) is 0 Å². The zero-order chi connectivity index (χ0) is 16.9. The van der Waals surface area contributed by atoms with Crippen LogP contribution in [0.1, 0.15) is 51.6 Å². The molecule has 1 fully saturated rings. The van der Waals surface area contributed by atoms with Crippen molar-refractivity contribution in [1.29, 1.82) is 0 Å². The van der Waals surface area contributed by atoms with Crippen LogP contribution >= 0.6 is 0 Å². The average Bonchev–Trinajstić information content (AvgIpc) is 2.43. The van der Waals surface area contributed by atoms with Gasteiger partial charge >= 0.3 is 6.09 Å². The quantitative estimate of drug-likeness (QED) is 0.753. The highest BCUT2D eigenvalue weighted by molar-refractivity contribution is 5.68. The molecular weight excluding hydrogens is 290 g/mol. The van der Waals surface area contributed by atoms with Gasteiger partial charge in [0.1, 0.15) is 5.60 Å². The Morgan fingerprint density at radius 3 is 2.52 bits per heavy atom. The number of nitrogens with one attached hydrogen (secondary N) is 2. The number of hydrogen-bond acceptors (Lipinski definition) is 4. The van der Waals surface area contributed by atoms with E-state index >= 15 is 0 Å². The number of carbonyl (C=O) groups excluding carboxylic acids is 1. The first-order valence-electron chi connectivity index (χ1n) is 8.37. The molecule has 0 bridgehead atoms. The predicted octanol–water partition coefficient (Wildman–Crippen LogP) is 2.72. The summed E-state index contributed by atoms with van der Waals surface area (Å²) in [6, 6.07) is 10.8. The number of amides is 1. The lowest BCUT2D eigenvalue weighted by molar-refractivity contribution is 0.0500. The zero-order valence-corrected chi connectivity index (χ0v) is 14.3. The van der Waals surface area contributed by atoms with Crippen LogP contribution < -0.4 is 16.4 Å². The van der Waals surface area contributed by atoms with Gasteiger partial charge in [-0.2, -0.15) is 0 Å². The number of ether oxygens (including phenoxy) is 1. The Morgan fingerprint density at radius 2 is 1.96 bits per heavy atom. The molecule has 0 spiro atoms. The molecule has 128 valence electrons. The van der Waals surface area contributed by atoms with Gasteiger partial charge in [0.15, 0.2) is 0 Å². The Balaban J connectivity index is 1.88. The first-order valence-corrected chi connectivity index (χ1v) is 8.37. The Kier molecular flexibility index (Phi) is 6.02. The van der Waals surface area contributed by atoms with E-state index in [-0.39, 0.29) is 12.1 Å². The number of nitrogens with two attached hydrogens (primary N) is 1. The molecule has 1 unspecified atom stereocenters. The van der Waals surface area contributed by atoms with Gasteiger partial charge in [0.05, 0.1) is 6.04 Å². The molecule has 1 aromatic carbocycles. The maximum Gasteiger partial charge on any atom is 0.408 e. The highest BCUT2D eigenvalue weighted by atomic mass is 16.6. The summed E-state index contributed by atoms with van der Waals surface area (Å²) in [6.07, 6.45) is 2.51. The molecule has 0 radical (unpaired) electrons. The molecule has 1 aliphatic rings. The van der Waals surface area contributed by atoms with E-state index in [4.69, 9.17) is 10.5 Å². The Bertz CT molecular complexity index is 493. The first kappa shape index (κ1) is 17.8. The first-order chi connectivity index (χ1) is 10.8. The Hall–Kier alpha value is -1.59. The van der Waals surface area contributed by atoms with Gasteiger partial charge in [-0.3, -0.25) is 0 Å². The van der Waals surface area contributed by atoms with Gasteiger partial charge in [0.25, 0.3) is 0 Å². The van der Waals surface area contributed by atoms with Crippen molar-refractivity contribution in [2.45, 2.75) is 63.8 Å². The summed E-state index contributed by atoms with van der Waals surface area (Å²) in [7, 11) is 0. The molecule has 1 atom stereocenters. The van der Waals surface area contributed by atoms with Crippen molar-refractivity contribution in [3.05, 3.63) is 35.9 Å². The van der Waals surface area contributed by atoms with Crippen LogP contribution in [0.2, 0.25) is 0 Å². The Labute approximate surface area is 139 Å². The third-order valence-corrected chi connectivity index (χ3v) is 3.93. The molecule has 1 amide bonds. The van der Waals surface area contributed by atoms with Crippen molar-refractivity contribution in [2.75, 3.05) is 6.54 Å². The van der Waals surface area contributed by atoms with Crippen LogP contribution in [-0.4, -0.2) is 30.3 Å². The van der Waals surface area contributed by atoms with Crippen LogP contribution in [-0.2, 0) is 4.74 Å². The molecule has 4 N–H and O–H groups in total. The van der Waals surface area contributed by atoms with E-state index < -0.39 is 5.60 Å². The Morgan fingerprint density at radius 1 is 1.30 bits per heavy atom. The molecule has 1 aromatic rings. The van der Waals surface area contributed by atoms with E-state index in [1.54, 1.807) is 0 Å². The van der Waals surface area contributed by atoms with Crippen LogP contribution in [0.4, 0.5) is 4.79 Å². The van der Waals surface area contributed by atoms with Gasteiger partial charge in [0, 0.05) is 12.1 Å². The second kappa shape index (κ2) is 7.79. The SMILES string of the molecule is CC(C)(C)OC(=O)NC(CCNC1CC(N)C1)c1ccccc1. The minimum absolute atomic E-state index is 0.0627. The van der Waals surface area contributed by atoms with E-state index in [1.807, 2.05) is 51.1 Å². The lowest BCUT2D eigenvalue weighted by Crippen LogP contribution is -2.49.